The van der Waals surface area contributed by atoms with E-state index in [1.165, 1.54) is 4.68 Å². The smallest absolute Gasteiger partial charge is 0.315 e. The Balaban J connectivity index is 2.13. The molecule has 0 radical (unpaired) electrons. The molecule has 0 amide bonds. The first-order valence-corrected chi connectivity index (χ1v) is 5.17. The van der Waals surface area contributed by atoms with Crippen molar-refractivity contribution in [3.8, 4) is 0 Å². The van der Waals surface area contributed by atoms with Gasteiger partial charge in [0.05, 0.1) is 5.52 Å². The van der Waals surface area contributed by atoms with Gasteiger partial charge in [-0.15, -0.1) is 5.10 Å². The van der Waals surface area contributed by atoms with E-state index in [9.17, 15) is 4.79 Å². The maximum Gasteiger partial charge on any atom is 0.315 e. The fourth-order valence-corrected chi connectivity index (χ4v) is 1.67. The number of benzene rings is 1. The highest BCUT2D eigenvalue weighted by Gasteiger charge is 2.16. The molecule has 0 saturated heterocycles. The van der Waals surface area contributed by atoms with Crippen LogP contribution in [0.2, 0.25) is 0 Å². The maximum atomic E-state index is 12.1. The van der Waals surface area contributed by atoms with E-state index in [0.29, 0.717) is 16.8 Å². The largest absolute Gasteiger partial charge is 0.456 e. The number of aryl methyl sites for hydroxylation is 1. The number of furan rings is 1. The van der Waals surface area contributed by atoms with Gasteiger partial charge in [-0.2, -0.15) is 4.68 Å². The molecule has 3 rings (SSSR count). The van der Waals surface area contributed by atoms with Gasteiger partial charge in [0.2, 0.25) is 0 Å². The molecular weight excluding hydrogens is 218 g/mol. The van der Waals surface area contributed by atoms with Gasteiger partial charge in [0.25, 0.3) is 0 Å². The molecule has 2 heterocycles. The Labute approximate surface area is 96.7 Å². The van der Waals surface area contributed by atoms with Crippen LogP contribution < -0.4 is 0 Å². The Hall–Kier alpha value is -2.43. The molecule has 17 heavy (non-hydrogen) atoms. The Morgan fingerprint density at radius 3 is 2.82 bits per heavy atom. The highest BCUT2D eigenvalue weighted by molar-refractivity contribution is 5.98. The van der Waals surface area contributed by atoms with Crippen LogP contribution >= 0.6 is 0 Å². The van der Waals surface area contributed by atoms with E-state index in [4.69, 9.17) is 4.42 Å². The number of fused-ring (bicyclic) bond motifs is 1. The monoisotopic (exact) mass is 227 g/mol. The van der Waals surface area contributed by atoms with Crippen molar-refractivity contribution < 1.29 is 9.21 Å². The van der Waals surface area contributed by atoms with Crippen molar-refractivity contribution in [1.29, 1.82) is 0 Å². The molecule has 0 fully saturated rings. The predicted molar refractivity (Wildman–Crippen MR) is 60.7 cm³/mol. The van der Waals surface area contributed by atoms with Crippen LogP contribution in [-0.2, 0) is 0 Å². The molecule has 1 aromatic carbocycles. The second-order valence-corrected chi connectivity index (χ2v) is 3.71. The summed E-state index contributed by atoms with van der Waals surface area (Å²) in [6, 6.07) is 10.7. The van der Waals surface area contributed by atoms with Gasteiger partial charge in [-0.1, -0.05) is 17.3 Å². The van der Waals surface area contributed by atoms with Crippen LogP contribution in [-0.4, -0.2) is 20.9 Å². The van der Waals surface area contributed by atoms with E-state index in [0.717, 1.165) is 0 Å². The minimum Gasteiger partial charge on any atom is -0.456 e. The van der Waals surface area contributed by atoms with Crippen molar-refractivity contribution in [2.45, 2.75) is 6.92 Å². The maximum absolute atomic E-state index is 12.1. The van der Waals surface area contributed by atoms with Gasteiger partial charge in [-0.25, -0.2) is 0 Å². The fourth-order valence-electron chi connectivity index (χ4n) is 1.67. The standard InChI is InChI=1S/C12H9N3O2/c1-8-6-7-11(17-8)12(16)15-10-5-3-2-4-9(10)13-14-15/h2-7H,1H3. The average molecular weight is 227 g/mol. The molecule has 0 bridgehead atoms. The Morgan fingerprint density at radius 1 is 1.24 bits per heavy atom. The molecule has 0 spiro atoms. The lowest BCUT2D eigenvalue weighted by Crippen LogP contribution is -2.12. The number of carbonyl (C=O) groups excluding carboxylic acids is 1. The molecule has 0 unspecified atom stereocenters. The molecule has 0 aliphatic rings. The summed E-state index contributed by atoms with van der Waals surface area (Å²) in [5.74, 6) is 0.641. The van der Waals surface area contributed by atoms with Crippen LogP contribution in [0.1, 0.15) is 16.3 Å². The van der Waals surface area contributed by atoms with Crippen molar-refractivity contribution in [2.24, 2.45) is 0 Å². The number of nitrogens with zero attached hydrogens (tertiary/aromatic N) is 3. The van der Waals surface area contributed by atoms with E-state index < -0.39 is 0 Å². The normalized spacial score (nSPS) is 10.9. The summed E-state index contributed by atoms with van der Waals surface area (Å²) in [4.78, 5) is 12.1. The molecule has 0 aliphatic carbocycles. The highest BCUT2D eigenvalue weighted by atomic mass is 16.3. The lowest BCUT2D eigenvalue weighted by atomic mass is 10.3. The lowest BCUT2D eigenvalue weighted by Gasteiger charge is -1.97. The molecular formula is C12H9N3O2. The zero-order valence-electron chi connectivity index (χ0n) is 9.12. The number of rotatable bonds is 1. The third-order valence-corrected chi connectivity index (χ3v) is 2.50. The van der Waals surface area contributed by atoms with Crippen LogP contribution in [0, 0.1) is 6.92 Å². The second-order valence-electron chi connectivity index (χ2n) is 3.71. The van der Waals surface area contributed by atoms with E-state index in [1.54, 1.807) is 31.2 Å². The summed E-state index contributed by atoms with van der Waals surface area (Å²) in [7, 11) is 0. The van der Waals surface area contributed by atoms with E-state index in [2.05, 4.69) is 10.3 Å². The average Bonchev–Trinajstić information content (AvgIpc) is 2.94. The predicted octanol–water partition coefficient (Wildman–Crippen LogP) is 2.02. The molecule has 3 aromatic rings. The summed E-state index contributed by atoms with van der Waals surface area (Å²) in [6.07, 6.45) is 0. The van der Waals surface area contributed by atoms with Gasteiger partial charge in [0.15, 0.2) is 5.76 Å². The first-order chi connectivity index (χ1) is 8.25. The summed E-state index contributed by atoms with van der Waals surface area (Å²) in [5.41, 5.74) is 1.36. The van der Waals surface area contributed by atoms with Gasteiger partial charge < -0.3 is 4.42 Å². The van der Waals surface area contributed by atoms with Crippen molar-refractivity contribution in [1.82, 2.24) is 15.0 Å². The van der Waals surface area contributed by atoms with E-state index in [1.807, 2.05) is 12.1 Å². The molecule has 5 nitrogen and oxygen atoms in total. The topological polar surface area (TPSA) is 60.9 Å². The third-order valence-electron chi connectivity index (χ3n) is 2.50. The van der Waals surface area contributed by atoms with Crippen LogP contribution in [0.3, 0.4) is 0 Å². The molecule has 2 aromatic heterocycles. The molecule has 0 atom stereocenters. The summed E-state index contributed by atoms with van der Waals surface area (Å²) in [5, 5.41) is 7.76. The quantitative estimate of drug-likeness (QED) is 0.638. The number of hydrogen-bond acceptors (Lipinski definition) is 4. The van der Waals surface area contributed by atoms with Crippen molar-refractivity contribution in [2.75, 3.05) is 0 Å². The van der Waals surface area contributed by atoms with E-state index in [-0.39, 0.29) is 11.7 Å². The van der Waals surface area contributed by atoms with Crippen LogP contribution in [0.4, 0.5) is 0 Å². The summed E-state index contributed by atoms with van der Waals surface area (Å²) < 4.78 is 6.52. The highest BCUT2D eigenvalue weighted by Crippen LogP contribution is 2.13. The van der Waals surface area contributed by atoms with Crippen molar-refractivity contribution in [3.63, 3.8) is 0 Å². The second kappa shape index (κ2) is 3.55. The van der Waals surface area contributed by atoms with Crippen LogP contribution in [0.25, 0.3) is 11.0 Å². The minimum absolute atomic E-state index is 0.262. The fraction of sp³-hybridized carbons (Fsp3) is 0.0833. The molecule has 0 aliphatic heterocycles. The number of hydrogen-bond donors (Lipinski definition) is 0. The lowest BCUT2D eigenvalue weighted by molar-refractivity contribution is 0.0919. The molecule has 84 valence electrons. The van der Waals surface area contributed by atoms with E-state index >= 15 is 0 Å². The first kappa shape index (κ1) is 9.77. The zero-order chi connectivity index (χ0) is 11.8. The van der Waals surface area contributed by atoms with Gasteiger partial charge >= 0.3 is 5.91 Å². The Morgan fingerprint density at radius 2 is 2.06 bits per heavy atom. The van der Waals surface area contributed by atoms with Crippen molar-refractivity contribution in [3.05, 3.63) is 47.9 Å². The van der Waals surface area contributed by atoms with Gasteiger partial charge in [-0.3, -0.25) is 4.79 Å². The van der Waals surface area contributed by atoms with Crippen LogP contribution in [0.15, 0.2) is 40.8 Å². The third kappa shape index (κ3) is 1.52. The molecule has 5 heteroatoms. The Kier molecular flexibility index (Phi) is 2.04. The number of para-hydroxylation sites is 1. The van der Waals surface area contributed by atoms with Gasteiger partial charge in [0, 0.05) is 0 Å². The van der Waals surface area contributed by atoms with Crippen LogP contribution in [0.5, 0.6) is 0 Å². The number of aromatic nitrogens is 3. The summed E-state index contributed by atoms with van der Waals surface area (Å²) >= 11 is 0. The zero-order valence-corrected chi connectivity index (χ0v) is 9.12. The van der Waals surface area contributed by atoms with Gasteiger partial charge in [0.1, 0.15) is 11.3 Å². The number of carbonyl (C=O) groups is 1. The minimum atomic E-state index is -0.313. The molecule has 0 N–H and O–H groups in total. The first-order valence-electron chi connectivity index (χ1n) is 5.17. The SMILES string of the molecule is Cc1ccc(C(=O)n2nnc3ccccc32)o1. The van der Waals surface area contributed by atoms with Crippen molar-refractivity contribution >= 4 is 16.9 Å². The van der Waals surface area contributed by atoms with Gasteiger partial charge in [-0.05, 0) is 31.2 Å². The Bertz CT molecular complexity index is 696. The summed E-state index contributed by atoms with van der Waals surface area (Å²) in [6.45, 7) is 1.79. The molecule has 0 saturated carbocycles.